The Bertz CT molecular complexity index is 1860. The van der Waals surface area contributed by atoms with E-state index in [4.69, 9.17) is 37.9 Å². The van der Waals surface area contributed by atoms with Gasteiger partial charge in [-0.3, -0.25) is 9.59 Å². The molecule has 4 N–H and O–H groups in total. The fraction of sp³-hybridized carbons (Fsp3) is 0.674. The van der Waals surface area contributed by atoms with Gasteiger partial charge in [0.1, 0.15) is 18.3 Å². The number of rotatable bonds is 8. The molecule has 17 heteroatoms. The van der Waals surface area contributed by atoms with Crippen LogP contribution in [0.4, 0.5) is 0 Å². The SMILES string of the molecule is CCCC=CC=CC(=O)OC1C2=CC(=O)OC2C2CC(C(C)O)OC(=O)CC(O)CC3CC(OC(C)=O)C(C)(C)C(O)(CC4CC(=CC(=O)OC)CC(C=CC(C)(C)C1(O)O2)O4)O3. The second kappa shape index (κ2) is 20.3. The van der Waals surface area contributed by atoms with Crippen LogP contribution >= 0.6 is 0 Å². The molecule has 5 heterocycles. The smallest absolute Gasteiger partial charge is 0.331 e. The summed E-state index contributed by atoms with van der Waals surface area (Å²) in [6.45, 7) is 11.2. The summed E-state index contributed by atoms with van der Waals surface area (Å²) in [4.78, 5) is 64.7. The summed E-state index contributed by atoms with van der Waals surface area (Å²) < 4.78 is 47.3. The van der Waals surface area contributed by atoms with Gasteiger partial charge in [-0.15, -0.1) is 0 Å². The number of aliphatic hydroxyl groups is 4. The highest BCUT2D eigenvalue weighted by molar-refractivity contribution is 5.87. The van der Waals surface area contributed by atoms with Crippen LogP contribution in [0.25, 0.3) is 0 Å². The molecule has 3 fully saturated rings. The van der Waals surface area contributed by atoms with Crippen LogP contribution in [0.3, 0.4) is 0 Å². The van der Waals surface area contributed by atoms with E-state index in [0.29, 0.717) is 5.57 Å². The van der Waals surface area contributed by atoms with Gasteiger partial charge >= 0.3 is 29.8 Å². The number of ether oxygens (including phenoxy) is 8. The van der Waals surface area contributed by atoms with E-state index in [0.717, 1.165) is 25.0 Å². The Morgan fingerprint density at radius 2 is 1.68 bits per heavy atom. The van der Waals surface area contributed by atoms with Crippen LogP contribution in [0.1, 0.15) is 106 Å². The topological polar surface area (TPSA) is 240 Å². The maximum atomic E-state index is 13.4. The number of cyclic esters (lactones) is 1. The number of aliphatic hydroxyl groups excluding tert-OH is 2. The number of carbonyl (C=O) groups is 5. The molecule has 5 aliphatic heterocycles. The number of hydrogen-bond acceptors (Lipinski definition) is 17. The van der Waals surface area contributed by atoms with Gasteiger partial charge < -0.3 is 58.3 Å². The fourth-order valence-corrected chi connectivity index (χ4v) is 8.79. The van der Waals surface area contributed by atoms with Crippen molar-refractivity contribution in [2.24, 2.45) is 10.8 Å². The molecule has 0 aliphatic carbocycles. The lowest BCUT2D eigenvalue weighted by Crippen LogP contribution is -2.65. The number of carbonyl (C=O) groups excluding carboxylic acids is 5. The molecule has 6 bridgehead atoms. The van der Waals surface area contributed by atoms with Crippen molar-refractivity contribution in [1.82, 2.24) is 0 Å². The number of hydrogen-bond donors (Lipinski definition) is 4. The van der Waals surface area contributed by atoms with Gasteiger partial charge in [-0.2, -0.15) is 0 Å². The third kappa shape index (κ3) is 11.7. The molecule has 12 unspecified atom stereocenters. The lowest BCUT2D eigenvalue weighted by Gasteiger charge is -2.53. The monoisotopic (exact) mass is 888 g/mol. The summed E-state index contributed by atoms with van der Waals surface area (Å²) in [5, 5.41) is 47.5. The Morgan fingerprint density at radius 3 is 2.35 bits per heavy atom. The molecule has 0 spiro atoms. The van der Waals surface area contributed by atoms with Crippen LogP contribution in [0.5, 0.6) is 0 Å². The van der Waals surface area contributed by atoms with Gasteiger partial charge in [0.2, 0.25) is 5.79 Å². The molecule has 350 valence electrons. The van der Waals surface area contributed by atoms with E-state index in [1.54, 1.807) is 45.9 Å². The average Bonchev–Trinajstić information content (AvgIpc) is 3.58. The van der Waals surface area contributed by atoms with Crippen molar-refractivity contribution >= 4 is 29.8 Å². The molecule has 0 aromatic carbocycles. The number of esters is 5. The summed E-state index contributed by atoms with van der Waals surface area (Å²) in [5.74, 6) is -8.33. The van der Waals surface area contributed by atoms with Gasteiger partial charge in [0.25, 0.3) is 0 Å². The van der Waals surface area contributed by atoms with Crippen molar-refractivity contribution in [2.45, 2.75) is 179 Å². The summed E-state index contributed by atoms with van der Waals surface area (Å²) in [7, 11) is 1.24. The van der Waals surface area contributed by atoms with Crippen LogP contribution < -0.4 is 0 Å². The largest absolute Gasteiger partial charge is 0.466 e. The predicted molar refractivity (Wildman–Crippen MR) is 222 cm³/mol. The van der Waals surface area contributed by atoms with Crippen molar-refractivity contribution in [3.05, 3.63) is 59.8 Å². The Kier molecular flexibility index (Phi) is 16.0. The molecule has 12 atom stereocenters. The molecule has 0 aromatic heterocycles. The van der Waals surface area contributed by atoms with Gasteiger partial charge in [0, 0.05) is 61.8 Å². The zero-order valence-electron chi connectivity index (χ0n) is 37.4. The Labute approximate surface area is 368 Å². The summed E-state index contributed by atoms with van der Waals surface area (Å²) >= 11 is 0. The summed E-state index contributed by atoms with van der Waals surface area (Å²) in [6, 6.07) is 0. The minimum atomic E-state index is -2.47. The first-order valence-electron chi connectivity index (χ1n) is 21.6. The maximum absolute atomic E-state index is 13.4. The van der Waals surface area contributed by atoms with Gasteiger partial charge in [-0.05, 0) is 26.2 Å². The molecule has 5 aliphatic rings. The van der Waals surface area contributed by atoms with Crippen LogP contribution in [0.15, 0.2) is 59.8 Å². The zero-order chi connectivity index (χ0) is 46.5. The number of unbranched alkanes of at least 4 members (excludes halogenated alkanes) is 1. The lowest BCUT2D eigenvalue weighted by molar-refractivity contribution is -0.348. The van der Waals surface area contributed by atoms with E-state index < -0.39 is 120 Å². The second-order valence-electron chi connectivity index (χ2n) is 18.2. The molecule has 17 nitrogen and oxygen atoms in total. The molecule has 0 amide bonds. The molecule has 3 saturated heterocycles. The molecular formula is C46H64O17. The normalized spacial score (nSPS) is 37.0. The summed E-state index contributed by atoms with van der Waals surface area (Å²) in [6.07, 6.45) is 1.01. The van der Waals surface area contributed by atoms with Crippen molar-refractivity contribution in [3.63, 3.8) is 0 Å². The van der Waals surface area contributed by atoms with E-state index in [1.165, 1.54) is 33.1 Å². The first-order valence-corrected chi connectivity index (χ1v) is 21.6. The third-order valence-electron chi connectivity index (χ3n) is 12.5. The molecular weight excluding hydrogens is 824 g/mol. The van der Waals surface area contributed by atoms with Gasteiger partial charge in [0.05, 0.1) is 49.5 Å². The number of fused-ring (bicyclic) bond motifs is 8. The van der Waals surface area contributed by atoms with E-state index in [9.17, 15) is 44.4 Å². The standard InChI is InChI=1S/C46H64O17/c1-9-10-11-12-13-14-37(50)61-42-33-23-40(53)60-41(33)35-24-34(26(2)47)59-39(52)21-29(49)20-31-22-36(57-27(3)48)44(6,7)45(54,62-31)25-32-18-28(19-38(51)56-8)17-30(58-32)15-16-43(4,5)46(42,55)63-35/h11-16,19,23,26,29-32,34-36,41-42,47,49,54-55H,9-10,17-18,20-22,24-25H2,1-8H3. The Balaban J connectivity index is 1.62. The molecule has 0 saturated carbocycles. The highest BCUT2D eigenvalue weighted by Gasteiger charge is 2.63. The Hall–Kier alpha value is -4.23. The Morgan fingerprint density at radius 1 is 0.952 bits per heavy atom. The average molecular weight is 889 g/mol. The lowest BCUT2D eigenvalue weighted by atomic mass is 9.70. The van der Waals surface area contributed by atoms with Gasteiger partial charge in [-0.25, -0.2) is 14.4 Å². The first-order chi connectivity index (χ1) is 29.5. The maximum Gasteiger partial charge on any atom is 0.331 e. The van der Waals surface area contributed by atoms with Crippen molar-refractivity contribution in [3.8, 4) is 0 Å². The summed E-state index contributed by atoms with van der Waals surface area (Å²) in [5.41, 5.74) is -2.09. The molecule has 0 aromatic rings. The highest BCUT2D eigenvalue weighted by Crippen LogP contribution is 2.51. The van der Waals surface area contributed by atoms with Crippen LogP contribution in [-0.4, -0.2) is 130 Å². The predicted octanol–water partition coefficient (Wildman–Crippen LogP) is 3.64. The van der Waals surface area contributed by atoms with Crippen LogP contribution in [0, 0.1) is 10.8 Å². The quantitative estimate of drug-likeness (QED) is 0.0894. The minimum Gasteiger partial charge on any atom is -0.466 e. The first kappa shape index (κ1) is 49.8. The molecule has 0 radical (unpaired) electrons. The number of methoxy groups -OCH3 is 1. The van der Waals surface area contributed by atoms with Gasteiger partial charge in [0.15, 0.2) is 18.0 Å². The van der Waals surface area contributed by atoms with Crippen molar-refractivity contribution in [2.75, 3.05) is 7.11 Å². The fourth-order valence-electron chi connectivity index (χ4n) is 8.79. The molecule has 63 heavy (non-hydrogen) atoms. The van der Waals surface area contributed by atoms with E-state index in [1.807, 2.05) is 13.0 Å². The van der Waals surface area contributed by atoms with Crippen molar-refractivity contribution in [1.29, 1.82) is 0 Å². The second-order valence-corrected chi connectivity index (χ2v) is 18.2. The minimum absolute atomic E-state index is 0.0667. The zero-order valence-corrected chi connectivity index (χ0v) is 37.4. The van der Waals surface area contributed by atoms with Crippen molar-refractivity contribution < 1.29 is 82.3 Å². The number of allylic oxidation sites excluding steroid dienone is 3. The molecule has 5 rings (SSSR count). The van der Waals surface area contributed by atoms with Crippen LogP contribution in [0.2, 0.25) is 0 Å². The third-order valence-corrected chi connectivity index (χ3v) is 12.5. The van der Waals surface area contributed by atoms with Crippen LogP contribution in [-0.2, 0) is 61.9 Å². The van der Waals surface area contributed by atoms with E-state index in [2.05, 4.69) is 0 Å². The highest BCUT2D eigenvalue weighted by atomic mass is 16.7. The van der Waals surface area contributed by atoms with E-state index in [-0.39, 0.29) is 44.1 Å². The van der Waals surface area contributed by atoms with E-state index >= 15 is 0 Å². The van der Waals surface area contributed by atoms with Gasteiger partial charge in [-0.1, -0.05) is 77.0 Å².